The molecular weight excluding hydrogens is 340 g/mol. The summed E-state index contributed by atoms with van der Waals surface area (Å²) in [6.07, 6.45) is 10.7. The van der Waals surface area contributed by atoms with Crippen LogP contribution in [0.5, 0.6) is 0 Å². The first-order chi connectivity index (χ1) is 13.1. The summed E-state index contributed by atoms with van der Waals surface area (Å²) in [5, 5.41) is 0. The van der Waals surface area contributed by atoms with Crippen molar-refractivity contribution in [1.29, 1.82) is 0 Å². The number of hydrogen-bond acceptors (Lipinski definition) is 4. The predicted molar refractivity (Wildman–Crippen MR) is 102 cm³/mol. The van der Waals surface area contributed by atoms with Crippen molar-refractivity contribution in [2.75, 3.05) is 19.6 Å². The minimum atomic E-state index is 0.104. The summed E-state index contributed by atoms with van der Waals surface area (Å²) in [7, 11) is 0. The van der Waals surface area contributed by atoms with Crippen LogP contribution in [0.2, 0.25) is 0 Å². The summed E-state index contributed by atoms with van der Waals surface area (Å²) >= 11 is 0. The number of rotatable bonds is 3. The third kappa shape index (κ3) is 4.14. The summed E-state index contributed by atoms with van der Waals surface area (Å²) in [4.78, 5) is 37.5. The van der Waals surface area contributed by atoms with Crippen LogP contribution in [0.3, 0.4) is 0 Å². The van der Waals surface area contributed by atoms with Crippen LogP contribution in [0.25, 0.3) is 0 Å². The molecule has 1 saturated carbocycles. The van der Waals surface area contributed by atoms with Gasteiger partial charge in [0.1, 0.15) is 5.82 Å². The maximum Gasteiger partial charge on any atom is 0.222 e. The molecule has 6 nitrogen and oxygen atoms in total. The van der Waals surface area contributed by atoms with E-state index < -0.39 is 0 Å². The molecule has 1 saturated heterocycles. The van der Waals surface area contributed by atoms with Gasteiger partial charge in [-0.05, 0) is 25.2 Å². The van der Waals surface area contributed by atoms with Crippen molar-refractivity contribution in [2.24, 2.45) is 5.92 Å². The van der Waals surface area contributed by atoms with Crippen molar-refractivity contribution in [1.82, 2.24) is 19.8 Å². The van der Waals surface area contributed by atoms with E-state index in [4.69, 9.17) is 4.98 Å². The SMILES string of the molecule is CC(=O)N1CCc2nc(C3CCN(C(=O)CC4CCCCC4)C3)ncc2C1. The third-order valence-corrected chi connectivity index (χ3v) is 6.49. The number of nitrogens with zero attached hydrogens (tertiary/aromatic N) is 4. The van der Waals surface area contributed by atoms with Gasteiger partial charge in [-0.3, -0.25) is 9.59 Å². The minimum Gasteiger partial charge on any atom is -0.342 e. The minimum absolute atomic E-state index is 0.104. The van der Waals surface area contributed by atoms with E-state index in [0.29, 0.717) is 18.4 Å². The molecule has 0 bridgehead atoms. The second kappa shape index (κ2) is 7.95. The van der Waals surface area contributed by atoms with E-state index in [1.54, 1.807) is 6.92 Å². The number of fused-ring (bicyclic) bond motifs is 1. The highest BCUT2D eigenvalue weighted by Crippen LogP contribution is 2.30. The molecule has 1 aliphatic carbocycles. The Hall–Kier alpha value is -1.98. The van der Waals surface area contributed by atoms with Crippen LogP contribution < -0.4 is 0 Å². The van der Waals surface area contributed by atoms with Gasteiger partial charge in [-0.1, -0.05) is 19.3 Å². The average molecular weight is 370 g/mol. The second-order valence-electron chi connectivity index (χ2n) is 8.42. The van der Waals surface area contributed by atoms with Crippen molar-refractivity contribution in [2.45, 2.75) is 70.8 Å². The normalized spacial score (nSPS) is 23.4. The van der Waals surface area contributed by atoms with E-state index in [1.165, 1.54) is 32.1 Å². The van der Waals surface area contributed by atoms with E-state index in [-0.39, 0.29) is 11.8 Å². The Bertz CT molecular complexity index is 714. The Kier molecular flexibility index (Phi) is 5.41. The molecule has 0 aromatic carbocycles. The lowest BCUT2D eigenvalue weighted by Crippen LogP contribution is -2.35. The summed E-state index contributed by atoms with van der Waals surface area (Å²) in [6.45, 7) is 4.54. The van der Waals surface area contributed by atoms with E-state index in [2.05, 4.69) is 4.98 Å². The van der Waals surface area contributed by atoms with Crippen molar-refractivity contribution >= 4 is 11.8 Å². The van der Waals surface area contributed by atoms with Crippen LogP contribution in [-0.4, -0.2) is 51.2 Å². The first kappa shape index (κ1) is 18.4. The smallest absolute Gasteiger partial charge is 0.222 e. The number of aromatic nitrogens is 2. The Morgan fingerprint density at radius 1 is 1.11 bits per heavy atom. The van der Waals surface area contributed by atoms with Crippen LogP contribution in [0.15, 0.2) is 6.20 Å². The van der Waals surface area contributed by atoms with Gasteiger partial charge in [0, 0.05) is 63.6 Å². The Morgan fingerprint density at radius 2 is 1.93 bits per heavy atom. The number of likely N-dealkylation sites (tertiary alicyclic amines) is 1. The Labute approximate surface area is 161 Å². The van der Waals surface area contributed by atoms with E-state index in [9.17, 15) is 9.59 Å². The van der Waals surface area contributed by atoms with Crippen LogP contribution in [0, 0.1) is 5.92 Å². The number of carbonyl (C=O) groups is 2. The molecule has 2 aliphatic heterocycles. The fourth-order valence-electron chi connectivity index (χ4n) is 4.76. The van der Waals surface area contributed by atoms with Gasteiger partial charge in [0.25, 0.3) is 0 Å². The maximum atomic E-state index is 12.7. The lowest BCUT2D eigenvalue weighted by Gasteiger charge is -2.27. The quantitative estimate of drug-likeness (QED) is 0.820. The van der Waals surface area contributed by atoms with E-state index in [1.807, 2.05) is 16.0 Å². The van der Waals surface area contributed by atoms with Crippen LogP contribution in [0.1, 0.15) is 74.9 Å². The molecule has 0 N–H and O–H groups in total. The van der Waals surface area contributed by atoms with Gasteiger partial charge in [0.2, 0.25) is 11.8 Å². The number of hydrogen-bond donors (Lipinski definition) is 0. The van der Waals surface area contributed by atoms with Crippen LogP contribution in [0.4, 0.5) is 0 Å². The molecule has 2 fully saturated rings. The Morgan fingerprint density at radius 3 is 2.70 bits per heavy atom. The topological polar surface area (TPSA) is 66.4 Å². The Balaban J connectivity index is 1.36. The fourth-order valence-corrected chi connectivity index (χ4v) is 4.76. The molecule has 6 heteroatoms. The molecule has 3 heterocycles. The standard InChI is InChI=1S/C21H30N4O2/c1-15(26)24-10-8-19-18(14-24)12-22-21(23-19)17-7-9-25(13-17)20(27)11-16-5-3-2-4-6-16/h12,16-17H,2-11,13-14H2,1H3. The fraction of sp³-hybridized carbons (Fsp3) is 0.714. The average Bonchev–Trinajstić information content (AvgIpc) is 3.18. The first-order valence-corrected chi connectivity index (χ1v) is 10.5. The van der Waals surface area contributed by atoms with Gasteiger partial charge in [-0.25, -0.2) is 9.97 Å². The van der Waals surface area contributed by atoms with E-state index >= 15 is 0 Å². The van der Waals surface area contributed by atoms with Gasteiger partial charge in [0.05, 0.1) is 5.69 Å². The van der Waals surface area contributed by atoms with Crippen LogP contribution in [-0.2, 0) is 22.6 Å². The van der Waals surface area contributed by atoms with Gasteiger partial charge in [-0.15, -0.1) is 0 Å². The first-order valence-electron chi connectivity index (χ1n) is 10.5. The van der Waals surface area contributed by atoms with Crippen LogP contribution >= 0.6 is 0 Å². The zero-order valence-electron chi connectivity index (χ0n) is 16.3. The molecule has 1 aromatic heterocycles. The van der Waals surface area contributed by atoms with Gasteiger partial charge < -0.3 is 9.80 Å². The third-order valence-electron chi connectivity index (χ3n) is 6.49. The monoisotopic (exact) mass is 370 g/mol. The number of amides is 2. The second-order valence-corrected chi connectivity index (χ2v) is 8.42. The summed E-state index contributed by atoms with van der Waals surface area (Å²) in [6, 6.07) is 0. The molecule has 1 unspecified atom stereocenters. The van der Waals surface area contributed by atoms with Crippen molar-refractivity contribution in [3.8, 4) is 0 Å². The maximum absolute atomic E-state index is 12.7. The predicted octanol–water partition coefficient (Wildman–Crippen LogP) is 2.67. The highest BCUT2D eigenvalue weighted by molar-refractivity contribution is 5.77. The van der Waals surface area contributed by atoms with Gasteiger partial charge in [0.15, 0.2) is 0 Å². The zero-order valence-corrected chi connectivity index (χ0v) is 16.3. The highest BCUT2D eigenvalue weighted by atomic mass is 16.2. The molecule has 3 aliphatic rings. The summed E-state index contributed by atoms with van der Waals surface area (Å²) in [5.74, 6) is 2.14. The summed E-state index contributed by atoms with van der Waals surface area (Å²) < 4.78 is 0. The molecule has 1 atom stereocenters. The van der Waals surface area contributed by atoms with Crippen molar-refractivity contribution in [3.63, 3.8) is 0 Å². The molecule has 1 aromatic rings. The van der Waals surface area contributed by atoms with Crippen molar-refractivity contribution < 1.29 is 9.59 Å². The molecule has 4 rings (SSSR count). The lowest BCUT2D eigenvalue weighted by atomic mass is 9.87. The van der Waals surface area contributed by atoms with E-state index in [0.717, 1.165) is 56.0 Å². The molecule has 27 heavy (non-hydrogen) atoms. The molecule has 0 radical (unpaired) electrons. The molecular formula is C21H30N4O2. The zero-order chi connectivity index (χ0) is 18.8. The lowest BCUT2D eigenvalue weighted by molar-refractivity contribution is -0.131. The molecule has 0 spiro atoms. The highest BCUT2D eigenvalue weighted by Gasteiger charge is 2.31. The van der Waals surface area contributed by atoms with Gasteiger partial charge >= 0.3 is 0 Å². The van der Waals surface area contributed by atoms with Crippen molar-refractivity contribution in [3.05, 3.63) is 23.3 Å². The molecule has 2 amide bonds. The number of carbonyl (C=O) groups excluding carboxylic acids is 2. The summed E-state index contributed by atoms with van der Waals surface area (Å²) in [5.41, 5.74) is 2.13. The van der Waals surface area contributed by atoms with Gasteiger partial charge in [-0.2, -0.15) is 0 Å². The largest absolute Gasteiger partial charge is 0.342 e. The molecule has 146 valence electrons.